The van der Waals surface area contributed by atoms with Crippen LogP contribution in [0.2, 0.25) is 5.02 Å². The van der Waals surface area contributed by atoms with E-state index in [1.807, 2.05) is 4.90 Å². The maximum absolute atomic E-state index is 14.0. The molecule has 0 radical (unpaired) electrons. The molecule has 1 fully saturated rings. The molecule has 0 aliphatic carbocycles. The summed E-state index contributed by atoms with van der Waals surface area (Å²) in [6.07, 6.45) is 3.26. The molecular weight excluding hydrogens is 343 g/mol. The lowest BCUT2D eigenvalue weighted by Gasteiger charge is -2.33. The number of aromatic nitrogens is 2. The Hall–Kier alpha value is -1.77. The van der Waals surface area contributed by atoms with E-state index in [0.717, 1.165) is 0 Å². The van der Waals surface area contributed by atoms with Crippen molar-refractivity contribution in [2.24, 2.45) is 0 Å². The molecule has 0 atom stereocenters. The van der Waals surface area contributed by atoms with Gasteiger partial charge in [0.15, 0.2) is 5.82 Å². The Kier molecular flexibility index (Phi) is 4.47. The van der Waals surface area contributed by atoms with Crippen LogP contribution in [-0.2, 0) is 10.0 Å². The average Bonchev–Trinajstić information content (AvgIpc) is 2.58. The molecule has 0 unspecified atom stereocenters. The lowest BCUT2D eigenvalue weighted by atomic mass is 10.3. The van der Waals surface area contributed by atoms with Crippen molar-refractivity contribution in [1.82, 2.24) is 14.3 Å². The van der Waals surface area contributed by atoms with Gasteiger partial charge in [0.25, 0.3) is 0 Å². The largest absolute Gasteiger partial charge is 0.338 e. The van der Waals surface area contributed by atoms with Crippen molar-refractivity contribution in [2.75, 3.05) is 31.1 Å². The second-order valence-electron chi connectivity index (χ2n) is 4.99. The van der Waals surface area contributed by atoms with Crippen LogP contribution in [0.3, 0.4) is 0 Å². The highest BCUT2D eigenvalue weighted by Gasteiger charge is 2.31. The molecule has 2 aromatic rings. The van der Waals surface area contributed by atoms with Gasteiger partial charge in [-0.15, -0.1) is 0 Å². The molecule has 0 amide bonds. The van der Waals surface area contributed by atoms with Crippen LogP contribution in [-0.4, -0.2) is 48.9 Å². The highest BCUT2D eigenvalue weighted by atomic mass is 35.5. The van der Waals surface area contributed by atoms with Crippen LogP contribution in [0, 0.1) is 5.82 Å². The first-order valence-corrected chi connectivity index (χ1v) is 8.78. The summed E-state index contributed by atoms with van der Waals surface area (Å²) in [7, 11) is -3.91. The SMILES string of the molecule is O=S(=O)(c1cccc(Cl)c1F)N1CCN(c2ncccn2)CC1. The van der Waals surface area contributed by atoms with Crippen LogP contribution < -0.4 is 4.90 Å². The zero-order valence-corrected chi connectivity index (χ0v) is 13.6. The Labute approximate surface area is 138 Å². The molecule has 1 aliphatic heterocycles. The van der Waals surface area contributed by atoms with Crippen molar-refractivity contribution in [3.8, 4) is 0 Å². The van der Waals surface area contributed by atoms with E-state index in [4.69, 9.17) is 11.6 Å². The minimum absolute atomic E-state index is 0.206. The van der Waals surface area contributed by atoms with Gasteiger partial charge in [-0.05, 0) is 18.2 Å². The first-order valence-electron chi connectivity index (χ1n) is 6.96. The fourth-order valence-corrected chi connectivity index (χ4v) is 4.15. The molecule has 1 aromatic carbocycles. The number of piperazine rings is 1. The van der Waals surface area contributed by atoms with Crippen molar-refractivity contribution < 1.29 is 12.8 Å². The minimum Gasteiger partial charge on any atom is -0.338 e. The van der Waals surface area contributed by atoms with Crippen LogP contribution in [0.25, 0.3) is 0 Å². The van der Waals surface area contributed by atoms with Gasteiger partial charge in [-0.1, -0.05) is 17.7 Å². The van der Waals surface area contributed by atoms with Crippen molar-refractivity contribution in [2.45, 2.75) is 4.90 Å². The predicted molar refractivity (Wildman–Crippen MR) is 84.4 cm³/mol. The van der Waals surface area contributed by atoms with Crippen LogP contribution >= 0.6 is 11.6 Å². The van der Waals surface area contributed by atoms with Crippen molar-refractivity contribution >= 4 is 27.6 Å². The predicted octanol–water partition coefficient (Wildman–Crippen LogP) is 1.78. The Morgan fingerprint density at radius 2 is 1.70 bits per heavy atom. The first kappa shape index (κ1) is 16.1. The van der Waals surface area contributed by atoms with Crippen LogP contribution in [0.1, 0.15) is 0 Å². The van der Waals surface area contributed by atoms with Gasteiger partial charge in [-0.2, -0.15) is 4.31 Å². The molecule has 3 rings (SSSR count). The molecule has 0 bridgehead atoms. The van der Waals surface area contributed by atoms with Gasteiger partial charge in [0, 0.05) is 38.6 Å². The van der Waals surface area contributed by atoms with Gasteiger partial charge in [-0.3, -0.25) is 0 Å². The Morgan fingerprint density at radius 1 is 1.04 bits per heavy atom. The summed E-state index contributed by atoms with van der Waals surface area (Å²) in [6.45, 7) is 1.33. The second kappa shape index (κ2) is 6.38. The summed E-state index contributed by atoms with van der Waals surface area (Å²) >= 11 is 5.68. The third-order valence-corrected chi connectivity index (χ3v) is 5.82. The molecule has 1 saturated heterocycles. The Bertz CT molecular complexity index is 796. The number of anilines is 1. The number of sulfonamides is 1. The van der Waals surface area contributed by atoms with E-state index in [0.29, 0.717) is 19.0 Å². The topological polar surface area (TPSA) is 66.4 Å². The highest BCUT2D eigenvalue weighted by Crippen LogP contribution is 2.25. The quantitative estimate of drug-likeness (QED) is 0.838. The lowest BCUT2D eigenvalue weighted by Crippen LogP contribution is -2.49. The standard InChI is InChI=1S/C14H14ClFN4O2S/c15-11-3-1-4-12(13(11)16)23(21,22)20-9-7-19(8-10-20)14-17-5-2-6-18-14/h1-6H,7-10H2. The number of nitrogens with zero attached hydrogens (tertiary/aromatic N) is 4. The summed E-state index contributed by atoms with van der Waals surface area (Å²) in [5.41, 5.74) is 0. The molecule has 23 heavy (non-hydrogen) atoms. The smallest absolute Gasteiger partial charge is 0.246 e. The molecule has 0 spiro atoms. The van der Waals surface area contributed by atoms with Gasteiger partial charge < -0.3 is 4.90 Å². The number of hydrogen-bond donors (Lipinski definition) is 0. The van der Waals surface area contributed by atoms with E-state index in [9.17, 15) is 12.8 Å². The summed E-state index contributed by atoms with van der Waals surface area (Å²) < 4.78 is 40.4. The van der Waals surface area contributed by atoms with E-state index in [1.54, 1.807) is 18.5 Å². The number of hydrogen-bond acceptors (Lipinski definition) is 5. The highest BCUT2D eigenvalue weighted by molar-refractivity contribution is 7.89. The van der Waals surface area contributed by atoms with E-state index in [2.05, 4.69) is 9.97 Å². The van der Waals surface area contributed by atoms with Crippen LogP contribution in [0.5, 0.6) is 0 Å². The maximum atomic E-state index is 14.0. The van der Waals surface area contributed by atoms with E-state index >= 15 is 0 Å². The lowest BCUT2D eigenvalue weighted by molar-refractivity contribution is 0.380. The fraction of sp³-hybridized carbons (Fsp3) is 0.286. The molecule has 0 N–H and O–H groups in total. The van der Waals surface area contributed by atoms with Gasteiger partial charge in [0.1, 0.15) is 4.90 Å². The van der Waals surface area contributed by atoms with Crippen LogP contribution in [0.4, 0.5) is 10.3 Å². The monoisotopic (exact) mass is 356 g/mol. The molecule has 122 valence electrons. The fourth-order valence-electron chi connectivity index (χ4n) is 2.41. The maximum Gasteiger partial charge on any atom is 0.246 e. The number of halogens is 2. The van der Waals surface area contributed by atoms with Gasteiger partial charge in [0.2, 0.25) is 16.0 Å². The summed E-state index contributed by atoms with van der Waals surface area (Å²) in [5.74, 6) is -0.360. The average molecular weight is 357 g/mol. The number of benzene rings is 1. The number of rotatable bonds is 3. The summed E-state index contributed by atoms with van der Waals surface area (Å²) in [6, 6.07) is 5.68. The van der Waals surface area contributed by atoms with E-state index in [-0.39, 0.29) is 18.1 Å². The zero-order valence-electron chi connectivity index (χ0n) is 12.1. The third kappa shape index (κ3) is 3.15. The molecule has 6 nitrogen and oxygen atoms in total. The molecule has 9 heteroatoms. The summed E-state index contributed by atoms with van der Waals surface area (Å²) in [4.78, 5) is 9.78. The molecule has 2 heterocycles. The first-order chi connectivity index (χ1) is 11.0. The van der Waals surface area contributed by atoms with Gasteiger partial charge >= 0.3 is 0 Å². The second-order valence-corrected chi connectivity index (χ2v) is 7.31. The Morgan fingerprint density at radius 3 is 2.35 bits per heavy atom. The van der Waals surface area contributed by atoms with Gasteiger partial charge in [0.05, 0.1) is 5.02 Å². The Balaban J connectivity index is 1.78. The zero-order chi connectivity index (χ0) is 16.4. The molecule has 1 aliphatic rings. The molecule has 1 aromatic heterocycles. The minimum atomic E-state index is -3.91. The van der Waals surface area contributed by atoms with Crippen molar-refractivity contribution in [1.29, 1.82) is 0 Å². The third-order valence-electron chi connectivity index (χ3n) is 3.61. The van der Waals surface area contributed by atoms with E-state index < -0.39 is 20.7 Å². The van der Waals surface area contributed by atoms with E-state index in [1.165, 1.54) is 22.5 Å². The van der Waals surface area contributed by atoms with Crippen molar-refractivity contribution in [3.63, 3.8) is 0 Å². The molecule has 0 saturated carbocycles. The van der Waals surface area contributed by atoms with Crippen molar-refractivity contribution in [3.05, 3.63) is 47.5 Å². The molecular formula is C14H14ClFN4O2S. The normalized spacial score (nSPS) is 16.5. The summed E-state index contributed by atoms with van der Waals surface area (Å²) in [5, 5.41) is -0.206. The van der Waals surface area contributed by atoms with Gasteiger partial charge in [-0.25, -0.2) is 22.8 Å². The van der Waals surface area contributed by atoms with Crippen LogP contribution in [0.15, 0.2) is 41.6 Å².